The largest absolute Gasteiger partial charge is 0.420 e. The van der Waals surface area contributed by atoms with Gasteiger partial charge in [-0.1, -0.05) is 60.1 Å². The minimum Gasteiger partial charge on any atom is -0.420 e. The summed E-state index contributed by atoms with van der Waals surface area (Å²) in [6, 6.07) is 23.9. The number of nitrogens with one attached hydrogen (secondary N) is 1. The molecule has 29 heavy (non-hydrogen) atoms. The highest BCUT2D eigenvalue weighted by atomic mass is 35.5. The van der Waals surface area contributed by atoms with E-state index in [9.17, 15) is 5.26 Å². The number of fused-ring (bicyclic) bond motifs is 2. The van der Waals surface area contributed by atoms with Gasteiger partial charge in [0, 0.05) is 10.6 Å². The van der Waals surface area contributed by atoms with E-state index >= 15 is 0 Å². The van der Waals surface area contributed by atoms with Gasteiger partial charge >= 0.3 is 0 Å². The summed E-state index contributed by atoms with van der Waals surface area (Å²) >= 11 is 6.07. The minimum absolute atomic E-state index is 0.0662. The van der Waals surface area contributed by atoms with Gasteiger partial charge in [-0.05, 0) is 34.5 Å². The highest BCUT2D eigenvalue weighted by molar-refractivity contribution is 6.30. The lowest BCUT2D eigenvalue weighted by molar-refractivity contribution is 0.379. The zero-order valence-electron chi connectivity index (χ0n) is 15.2. The van der Waals surface area contributed by atoms with Gasteiger partial charge in [0.15, 0.2) is 0 Å². The van der Waals surface area contributed by atoms with E-state index in [4.69, 9.17) is 22.1 Å². The van der Waals surface area contributed by atoms with Crippen molar-refractivity contribution in [2.45, 2.75) is 5.92 Å². The van der Waals surface area contributed by atoms with Gasteiger partial charge in [0.05, 0.1) is 17.2 Å². The Kier molecular flexibility index (Phi) is 4.01. The van der Waals surface area contributed by atoms with Crippen LogP contribution in [0.2, 0.25) is 5.02 Å². The fourth-order valence-electron chi connectivity index (χ4n) is 3.80. The molecule has 3 aromatic carbocycles. The summed E-state index contributed by atoms with van der Waals surface area (Å²) in [5, 5.41) is 20.1. The molecule has 6 heteroatoms. The average Bonchev–Trinajstić information content (AvgIpc) is 3.16. The fourth-order valence-corrected chi connectivity index (χ4v) is 3.92. The van der Waals surface area contributed by atoms with Crippen LogP contribution in [0, 0.1) is 11.3 Å². The summed E-state index contributed by atoms with van der Waals surface area (Å²) in [5.74, 6) is 0.0438. The molecule has 0 bridgehead atoms. The third kappa shape index (κ3) is 2.82. The van der Waals surface area contributed by atoms with Crippen LogP contribution in [0.15, 0.2) is 78.2 Å². The number of nitriles is 1. The lowest BCUT2D eigenvalue weighted by Crippen LogP contribution is -2.20. The van der Waals surface area contributed by atoms with Crippen molar-refractivity contribution in [1.82, 2.24) is 10.2 Å². The van der Waals surface area contributed by atoms with E-state index in [1.165, 1.54) is 0 Å². The molecule has 0 amide bonds. The fraction of sp³-hybridized carbons (Fsp3) is 0.0435. The van der Waals surface area contributed by atoms with Gasteiger partial charge in [-0.3, -0.25) is 5.10 Å². The van der Waals surface area contributed by atoms with Crippen LogP contribution in [-0.4, -0.2) is 10.2 Å². The van der Waals surface area contributed by atoms with E-state index in [1.807, 2.05) is 30.3 Å². The van der Waals surface area contributed by atoms with Crippen LogP contribution in [0.5, 0.6) is 5.88 Å². The van der Waals surface area contributed by atoms with Gasteiger partial charge in [0.25, 0.3) is 0 Å². The van der Waals surface area contributed by atoms with Crippen molar-refractivity contribution in [3.05, 3.63) is 94.3 Å². The highest BCUT2D eigenvalue weighted by Crippen LogP contribution is 2.45. The third-order valence-corrected chi connectivity index (χ3v) is 5.43. The van der Waals surface area contributed by atoms with E-state index in [0.29, 0.717) is 16.5 Å². The Bertz CT molecular complexity index is 1310. The van der Waals surface area contributed by atoms with E-state index < -0.39 is 5.92 Å². The van der Waals surface area contributed by atoms with E-state index in [1.54, 1.807) is 12.1 Å². The molecule has 1 aliphatic rings. The quantitative estimate of drug-likeness (QED) is 0.491. The lowest BCUT2D eigenvalue weighted by atomic mass is 9.83. The predicted molar refractivity (Wildman–Crippen MR) is 112 cm³/mol. The predicted octanol–water partition coefficient (Wildman–Crippen LogP) is 5.10. The molecule has 1 aliphatic heterocycles. The van der Waals surface area contributed by atoms with Crippen LogP contribution in [0.25, 0.3) is 22.0 Å². The number of nitrogens with zero attached hydrogens (tertiary/aromatic N) is 2. The Morgan fingerprint density at radius 1 is 1.03 bits per heavy atom. The number of halogens is 1. The van der Waals surface area contributed by atoms with Crippen LogP contribution in [0.3, 0.4) is 0 Å². The van der Waals surface area contributed by atoms with Crippen LogP contribution >= 0.6 is 11.6 Å². The molecule has 0 saturated heterocycles. The summed E-state index contributed by atoms with van der Waals surface area (Å²) in [4.78, 5) is 0. The molecule has 0 aliphatic carbocycles. The van der Waals surface area contributed by atoms with Gasteiger partial charge < -0.3 is 10.5 Å². The number of aromatic amines is 1. The molecular weight excluding hydrogens is 384 g/mol. The number of nitrogens with two attached hydrogens (primary N) is 1. The molecule has 5 rings (SSSR count). The molecule has 0 saturated carbocycles. The Morgan fingerprint density at radius 3 is 2.55 bits per heavy atom. The molecule has 4 aromatic rings. The zero-order chi connectivity index (χ0) is 20.0. The van der Waals surface area contributed by atoms with E-state index in [0.717, 1.165) is 33.2 Å². The Labute approximate surface area is 172 Å². The first kappa shape index (κ1) is 17.4. The molecule has 0 unspecified atom stereocenters. The van der Waals surface area contributed by atoms with Crippen LogP contribution in [-0.2, 0) is 0 Å². The highest BCUT2D eigenvalue weighted by Gasteiger charge is 2.35. The van der Waals surface area contributed by atoms with Gasteiger partial charge in [-0.15, -0.1) is 5.10 Å². The molecule has 0 spiro atoms. The molecule has 0 radical (unpaired) electrons. The molecule has 1 aromatic heterocycles. The van der Waals surface area contributed by atoms with Crippen molar-refractivity contribution < 1.29 is 4.74 Å². The maximum absolute atomic E-state index is 9.79. The van der Waals surface area contributed by atoms with Gasteiger partial charge in [-0.25, -0.2) is 0 Å². The molecule has 3 N–H and O–H groups in total. The maximum atomic E-state index is 9.79. The van der Waals surface area contributed by atoms with Crippen molar-refractivity contribution in [1.29, 1.82) is 5.26 Å². The Balaban J connectivity index is 1.73. The summed E-state index contributed by atoms with van der Waals surface area (Å²) < 4.78 is 5.67. The number of allylic oxidation sites excluding steroid dienone is 1. The molecule has 5 nitrogen and oxygen atoms in total. The SMILES string of the molecule is N#CC1=C(N)Oc2n[nH]c(-c3ccc4ccccc4c3)c2[C@H]1c1ccc(Cl)cc1. The number of hydrogen-bond donors (Lipinski definition) is 2. The Hall–Kier alpha value is -3.75. The minimum atomic E-state index is -0.402. The van der Waals surface area contributed by atoms with Crippen LogP contribution in [0.1, 0.15) is 17.0 Å². The second-order valence-corrected chi connectivity index (χ2v) is 7.29. The van der Waals surface area contributed by atoms with Crippen molar-refractivity contribution in [3.63, 3.8) is 0 Å². The molecule has 2 heterocycles. The van der Waals surface area contributed by atoms with Crippen LogP contribution in [0.4, 0.5) is 0 Å². The van der Waals surface area contributed by atoms with E-state index in [-0.39, 0.29) is 5.88 Å². The summed E-state index contributed by atoms with van der Waals surface area (Å²) in [6.45, 7) is 0. The average molecular weight is 399 g/mol. The smallest absolute Gasteiger partial charge is 0.244 e. The topological polar surface area (TPSA) is 87.7 Å². The maximum Gasteiger partial charge on any atom is 0.244 e. The summed E-state index contributed by atoms with van der Waals surface area (Å²) in [7, 11) is 0. The number of H-pyrrole nitrogens is 1. The third-order valence-electron chi connectivity index (χ3n) is 5.18. The first-order valence-electron chi connectivity index (χ1n) is 9.06. The van der Waals surface area contributed by atoms with Crippen molar-refractivity contribution >= 4 is 22.4 Å². The second-order valence-electron chi connectivity index (χ2n) is 6.86. The Morgan fingerprint density at radius 2 is 1.79 bits per heavy atom. The molecule has 1 atom stereocenters. The number of ether oxygens (including phenoxy) is 1. The molecule has 0 fully saturated rings. The van der Waals surface area contributed by atoms with Gasteiger partial charge in [0.1, 0.15) is 11.6 Å². The normalized spacial score (nSPS) is 15.7. The molecular formula is C23H15ClN4O. The number of aromatic nitrogens is 2. The number of benzene rings is 3. The van der Waals surface area contributed by atoms with Crippen molar-refractivity contribution in [2.75, 3.05) is 0 Å². The monoisotopic (exact) mass is 398 g/mol. The lowest BCUT2D eigenvalue weighted by Gasteiger charge is -2.24. The zero-order valence-corrected chi connectivity index (χ0v) is 15.9. The van der Waals surface area contributed by atoms with Crippen molar-refractivity contribution in [2.24, 2.45) is 5.73 Å². The standard InChI is InChI=1S/C23H15ClN4O/c24-17-9-7-14(8-10-17)19-18(12-25)22(26)29-23-20(19)21(27-28-23)16-6-5-13-3-1-2-4-15(13)11-16/h1-11,19H,26H2,(H,27,28)/t19-/m0/s1. The summed E-state index contributed by atoms with van der Waals surface area (Å²) in [5.41, 5.74) is 9.82. The summed E-state index contributed by atoms with van der Waals surface area (Å²) in [6.07, 6.45) is 0. The van der Waals surface area contributed by atoms with Gasteiger partial charge in [0.2, 0.25) is 11.8 Å². The number of rotatable bonds is 2. The van der Waals surface area contributed by atoms with Gasteiger partial charge in [-0.2, -0.15) is 5.26 Å². The van der Waals surface area contributed by atoms with E-state index in [2.05, 4.69) is 40.5 Å². The number of hydrogen-bond acceptors (Lipinski definition) is 4. The second kappa shape index (κ2) is 6.69. The van der Waals surface area contributed by atoms with Crippen LogP contribution < -0.4 is 10.5 Å². The first-order valence-corrected chi connectivity index (χ1v) is 9.44. The molecule has 140 valence electrons. The first-order chi connectivity index (χ1) is 14.2. The van der Waals surface area contributed by atoms with Crippen molar-refractivity contribution in [3.8, 4) is 23.2 Å².